The highest BCUT2D eigenvalue weighted by Crippen LogP contribution is 2.66. The van der Waals surface area contributed by atoms with Crippen LogP contribution < -0.4 is 10.4 Å². The SMILES string of the molecule is CC1(C)[C@H]2CC[C@]1(C)[C@H](OC(=O)c1ccc3c(=C(C#N)C#N)c4ccccc4c(=C(C#N)C#N)c3c1)C2. The average Bonchev–Trinajstić information content (AvgIpc) is 3.24. The first-order valence-corrected chi connectivity index (χ1v) is 12.3. The Kier molecular flexibility index (Phi) is 5.52. The molecule has 2 aliphatic rings. The normalized spacial score (nSPS) is 23.0. The molecule has 0 spiro atoms. The number of ether oxygens (including phenoxy) is 1. The lowest BCUT2D eigenvalue weighted by atomic mass is 9.70. The third-order valence-corrected chi connectivity index (χ3v) is 9.17. The Bertz CT molecular complexity index is 1780. The molecule has 3 atom stereocenters. The number of nitriles is 4. The molecule has 180 valence electrons. The lowest BCUT2D eigenvalue weighted by Crippen LogP contribution is -2.38. The predicted molar refractivity (Wildman–Crippen MR) is 138 cm³/mol. The minimum absolute atomic E-state index is 0.0873. The molecule has 6 nitrogen and oxygen atoms in total. The summed E-state index contributed by atoms with van der Waals surface area (Å²) in [5.41, 5.74) is 0.0914. The largest absolute Gasteiger partial charge is 0.458 e. The molecule has 0 unspecified atom stereocenters. The van der Waals surface area contributed by atoms with Crippen LogP contribution in [-0.2, 0) is 4.74 Å². The molecule has 37 heavy (non-hydrogen) atoms. The minimum Gasteiger partial charge on any atom is -0.458 e. The van der Waals surface area contributed by atoms with Crippen LogP contribution in [0.3, 0.4) is 0 Å². The van der Waals surface area contributed by atoms with Crippen molar-refractivity contribution >= 4 is 38.7 Å². The summed E-state index contributed by atoms with van der Waals surface area (Å²) in [6, 6.07) is 19.8. The number of esters is 1. The van der Waals surface area contributed by atoms with Gasteiger partial charge >= 0.3 is 5.97 Å². The predicted octanol–water partition coefficient (Wildman–Crippen LogP) is 4.76. The van der Waals surface area contributed by atoms with Gasteiger partial charge in [-0.2, -0.15) is 21.0 Å². The minimum atomic E-state index is -0.461. The van der Waals surface area contributed by atoms with E-state index in [1.807, 2.05) is 24.3 Å². The van der Waals surface area contributed by atoms with Gasteiger partial charge in [-0.1, -0.05) is 51.1 Å². The number of fused-ring (bicyclic) bond motifs is 4. The number of hydrogen-bond acceptors (Lipinski definition) is 6. The van der Waals surface area contributed by atoms with Crippen LogP contribution in [0.15, 0.2) is 42.5 Å². The summed E-state index contributed by atoms with van der Waals surface area (Å²) in [6.07, 6.45) is 2.81. The van der Waals surface area contributed by atoms with Crippen molar-refractivity contribution < 1.29 is 9.53 Å². The van der Waals surface area contributed by atoms with Crippen LogP contribution in [-0.4, -0.2) is 12.1 Å². The van der Waals surface area contributed by atoms with E-state index in [0.29, 0.717) is 43.5 Å². The number of carbonyl (C=O) groups is 1. The summed E-state index contributed by atoms with van der Waals surface area (Å²) < 4.78 is 6.09. The van der Waals surface area contributed by atoms with Crippen LogP contribution in [0.25, 0.3) is 32.7 Å². The van der Waals surface area contributed by atoms with Crippen LogP contribution in [0.4, 0.5) is 0 Å². The van der Waals surface area contributed by atoms with Gasteiger partial charge in [0, 0.05) is 15.9 Å². The number of nitrogens with zero attached hydrogens (tertiary/aromatic N) is 4. The number of carbonyl (C=O) groups excluding carboxylic acids is 1. The standard InChI is InChI=1S/C31H24N4O2/c1-30(2)21-10-11-31(30,3)26(13-21)37-29(36)18-8-9-24-25(12-18)28(20(16-34)17-35)23-7-5-4-6-22(23)27(24)19(14-32)15-33/h4-9,12,21,26H,10-11,13H2,1-3H3/t21-,26+,31+/m0/s1. The van der Waals surface area contributed by atoms with E-state index in [-0.39, 0.29) is 28.1 Å². The van der Waals surface area contributed by atoms with Crippen molar-refractivity contribution in [3.63, 3.8) is 0 Å². The van der Waals surface area contributed by atoms with Crippen molar-refractivity contribution in [1.29, 1.82) is 21.0 Å². The summed E-state index contributed by atoms with van der Waals surface area (Å²) in [6.45, 7) is 6.72. The number of hydrogen-bond donors (Lipinski definition) is 0. The Morgan fingerprint density at radius 3 is 1.86 bits per heavy atom. The van der Waals surface area contributed by atoms with Crippen LogP contribution >= 0.6 is 0 Å². The van der Waals surface area contributed by atoms with Gasteiger partial charge < -0.3 is 4.74 Å². The van der Waals surface area contributed by atoms with Gasteiger partial charge in [0.05, 0.1) is 5.56 Å². The molecule has 2 fully saturated rings. The molecule has 2 aliphatic carbocycles. The molecular formula is C31H24N4O2. The molecule has 5 rings (SSSR count). The first kappa shape index (κ1) is 24.1. The fourth-order valence-electron chi connectivity index (χ4n) is 6.62. The smallest absolute Gasteiger partial charge is 0.338 e. The summed E-state index contributed by atoms with van der Waals surface area (Å²) in [4.78, 5) is 13.4. The highest BCUT2D eigenvalue weighted by molar-refractivity contribution is 6.07. The molecular weight excluding hydrogens is 460 g/mol. The topological polar surface area (TPSA) is 121 Å². The molecule has 3 aromatic carbocycles. The number of rotatable bonds is 2. The van der Waals surface area contributed by atoms with Gasteiger partial charge in [-0.05, 0) is 64.3 Å². The van der Waals surface area contributed by atoms with E-state index in [9.17, 15) is 25.8 Å². The summed E-state index contributed by atoms with van der Waals surface area (Å²) in [7, 11) is 0. The summed E-state index contributed by atoms with van der Waals surface area (Å²) in [5.74, 6) is 0.0548. The van der Waals surface area contributed by atoms with E-state index in [1.54, 1.807) is 42.5 Å². The van der Waals surface area contributed by atoms with Gasteiger partial charge in [0.1, 0.15) is 41.5 Å². The second-order valence-electron chi connectivity index (χ2n) is 10.8. The summed E-state index contributed by atoms with van der Waals surface area (Å²) >= 11 is 0. The lowest BCUT2D eigenvalue weighted by molar-refractivity contribution is -0.0242. The first-order chi connectivity index (χ1) is 17.7. The van der Waals surface area contributed by atoms with E-state index in [2.05, 4.69) is 20.8 Å². The number of benzene rings is 3. The molecule has 6 heteroatoms. The third kappa shape index (κ3) is 3.31. The average molecular weight is 485 g/mol. The maximum Gasteiger partial charge on any atom is 0.338 e. The van der Waals surface area contributed by atoms with E-state index in [1.165, 1.54) is 0 Å². The Balaban J connectivity index is 1.77. The van der Waals surface area contributed by atoms with Crippen molar-refractivity contribution in [1.82, 2.24) is 0 Å². The van der Waals surface area contributed by atoms with Gasteiger partial charge in [-0.25, -0.2) is 4.79 Å². The molecule has 0 saturated heterocycles. The highest BCUT2D eigenvalue weighted by Gasteiger charge is 2.62. The maximum absolute atomic E-state index is 13.4. The molecule has 0 heterocycles. The first-order valence-electron chi connectivity index (χ1n) is 12.3. The zero-order chi connectivity index (χ0) is 26.5. The van der Waals surface area contributed by atoms with Crippen LogP contribution in [0.1, 0.15) is 50.4 Å². The van der Waals surface area contributed by atoms with Crippen molar-refractivity contribution in [3.05, 3.63) is 58.5 Å². The zero-order valence-corrected chi connectivity index (χ0v) is 20.9. The molecule has 0 radical (unpaired) electrons. The molecule has 0 aromatic heterocycles. The monoisotopic (exact) mass is 484 g/mol. The van der Waals surface area contributed by atoms with Crippen molar-refractivity contribution in [2.24, 2.45) is 16.7 Å². The molecule has 0 amide bonds. The highest BCUT2D eigenvalue weighted by atomic mass is 16.5. The molecule has 2 bridgehead atoms. The van der Waals surface area contributed by atoms with E-state index in [0.717, 1.165) is 19.3 Å². The molecule has 0 aliphatic heterocycles. The van der Waals surface area contributed by atoms with Gasteiger partial charge in [-0.15, -0.1) is 0 Å². The Hall–Kier alpha value is -4.65. The van der Waals surface area contributed by atoms with Gasteiger partial charge in [-0.3, -0.25) is 0 Å². The van der Waals surface area contributed by atoms with Crippen molar-refractivity contribution in [2.75, 3.05) is 0 Å². The van der Waals surface area contributed by atoms with Crippen LogP contribution in [0.5, 0.6) is 0 Å². The quantitative estimate of drug-likeness (QED) is 0.382. The van der Waals surface area contributed by atoms with Crippen LogP contribution in [0.2, 0.25) is 0 Å². The fourth-order valence-corrected chi connectivity index (χ4v) is 6.62. The molecule has 3 aromatic rings. The molecule has 2 saturated carbocycles. The zero-order valence-electron chi connectivity index (χ0n) is 20.9. The third-order valence-electron chi connectivity index (χ3n) is 9.17. The van der Waals surface area contributed by atoms with Gasteiger partial charge in [0.15, 0.2) is 0 Å². The van der Waals surface area contributed by atoms with Gasteiger partial charge in [0.2, 0.25) is 0 Å². The fraction of sp³-hybridized carbons (Fsp3) is 0.323. The summed E-state index contributed by atoms with van der Waals surface area (Å²) in [5, 5.41) is 41.8. The lowest BCUT2D eigenvalue weighted by Gasteiger charge is -2.38. The second kappa shape index (κ2) is 8.48. The Morgan fingerprint density at radius 2 is 1.38 bits per heavy atom. The van der Waals surface area contributed by atoms with Gasteiger partial charge in [0.25, 0.3) is 0 Å². The van der Waals surface area contributed by atoms with Crippen molar-refractivity contribution in [3.8, 4) is 24.3 Å². The second-order valence-corrected chi connectivity index (χ2v) is 10.8. The van der Waals surface area contributed by atoms with E-state index in [4.69, 9.17) is 4.74 Å². The molecule has 0 N–H and O–H groups in total. The van der Waals surface area contributed by atoms with Crippen molar-refractivity contribution in [2.45, 2.75) is 46.1 Å². The maximum atomic E-state index is 13.4. The Labute approximate surface area is 214 Å². The van der Waals surface area contributed by atoms with E-state index < -0.39 is 5.97 Å². The van der Waals surface area contributed by atoms with E-state index >= 15 is 0 Å². The Morgan fingerprint density at radius 1 is 0.838 bits per heavy atom. The van der Waals surface area contributed by atoms with Crippen LogP contribution in [0, 0.1) is 62.1 Å².